The van der Waals surface area contributed by atoms with Crippen molar-refractivity contribution in [2.24, 2.45) is 0 Å². The molecule has 0 aliphatic rings. The standard InChI is InChI=1S/C12H24N2O3/c1-5-12(6-2,11(16)17)13-8-7-10(15)14-9(3)4/h9,13H,5-8H2,1-4H3,(H,14,15)(H,16,17). The molecule has 0 saturated carbocycles. The summed E-state index contributed by atoms with van der Waals surface area (Å²) in [6, 6.07) is 0.115. The first-order valence-corrected chi connectivity index (χ1v) is 6.15. The lowest BCUT2D eigenvalue weighted by Crippen LogP contribution is -2.52. The molecule has 1 amide bonds. The van der Waals surface area contributed by atoms with Crippen molar-refractivity contribution in [1.82, 2.24) is 10.6 Å². The van der Waals surface area contributed by atoms with Crippen molar-refractivity contribution < 1.29 is 14.7 Å². The maximum Gasteiger partial charge on any atom is 0.323 e. The van der Waals surface area contributed by atoms with Crippen LogP contribution in [0, 0.1) is 0 Å². The van der Waals surface area contributed by atoms with Gasteiger partial charge in [-0.05, 0) is 26.7 Å². The van der Waals surface area contributed by atoms with E-state index in [2.05, 4.69) is 10.6 Å². The summed E-state index contributed by atoms with van der Waals surface area (Å²) in [6.07, 6.45) is 1.31. The summed E-state index contributed by atoms with van der Waals surface area (Å²) in [4.78, 5) is 22.6. The van der Waals surface area contributed by atoms with Gasteiger partial charge in [-0.2, -0.15) is 0 Å². The van der Waals surface area contributed by atoms with Crippen LogP contribution in [0.15, 0.2) is 0 Å². The molecule has 0 heterocycles. The van der Waals surface area contributed by atoms with Crippen molar-refractivity contribution in [3.8, 4) is 0 Å². The fraction of sp³-hybridized carbons (Fsp3) is 0.833. The van der Waals surface area contributed by atoms with Gasteiger partial charge in [-0.1, -0.05) is 13.8 Å². The normalized spacial score (nSPS) is 11.6. The number of carboxylic acid groups (broad SMARTS) is 1. The molecule has 17 heavy (non-hydrogen) atoms. The number of carbonyl (C=O) groups excluding carboxylic acids is 1. The van der Waals surface area contributed by atoms with E-state index < -0.39 is 11.5 Å². The van der Waals surface area contributed by atoms with Crippen LogP contribution in [0.3, 0.4) is 0 Å². The second-order valence-corrected chi connectivity index (χ2v) is 4.49. The molecule has 5 nitrogen and oxygen atoms in total. The molecule has 100 valence electrons. The Morgan fingerprint density at radius 1 is 1.24 bits per heavy atom. The van der Waals surface area contributed by atoms with Crippen LogP contribution < -0.4 is 10.6 Å². The van der Waals surface area contributed by atoms with Crippen molar-refractivity contribution in [3.63, 3.8) is 0 Å². The Labute approximate surface area is 103 Å². The van der Waals surface area contributed by atoms with Gasteiger partial charge in [0.25, 0.3) is 0 Å². The van der Waals surface area contributed by atoms with Crippen molar-refractivity contribution in [2.75, 3.05) is 6.54 Å². The summed E-state index contributed by atoms with van der Waals surface area (Å²) in [5, 5.41) is 14.9. The van der Waals surface area contributed by atoms with E-state index in [9.17, 15) is 14.7 Å². The highest BCUT2D eigenvalue weighted by Gasteiger charge is 2.33. The number of aliphatic carboxylic acids is 1. The number of hydrogen-bond acceptors (Lipinski definition) is 3. The van der Waals surface area contributed by atoms with Crippen molar-refractivity contribution in [1.29, 1.82) is 0 Å². The lowest BCUT2D eigenvalue weighted by molar-refractivity contribution is -0.145. The van der Waals surface area contributed by atoms with Gasteiger partial charge in [0.15, 0.2) is 0 Å². The third-order valence-corrected chi connectivity index (χ3v) is 2.88. The molecule has 0 atom stereocenters. The Morgan fingerprint density at radius 2 is 1.76 bits per heavy atom. The van der Waals surface area contributed by atoms with Crippen LogP contribution in [0.4, 0.5) is 0 Å². The number of carbonyl (C=O) groups is 2. The number of rotatable bonds is 8. The zero-order chi connectivity index (χ0) is 13.5. The van der Waals surface area contributed by atoms with Crippen LogP contribution in [-0.4, -0.2) is 35.1 Å². The third kappa shape index (κ3) is 5.17. The number of carboxylic acids is 1. The fourth-order valence-electron chi connectivity index (χ4n) is 1.69. The van der Waals surface area contributed by atoms with E-state index >= 15 is 0 Å². The van der Waals surface area contributed by atoms with Gasteiger partial charge in [0, 0.05) is 19.0 Å². The first-order chi connectivity index (χ1) is 7.88. The van der Waals surface area contributed by atoms with Gasteiger partial charge in [0.1, 0.15) is 5.54 Å². The van der Waals surface area contributed by atoms with Gasteiger partial charge in [-0.3, -0.25) is 9.59 Å². The van der Waals surface area contributed by atoms with E-state index in [1.54, 1.807) is 0 Å². The Hall–Kier alpha value is -1.10. The molecular formula is C12H24N2O3. The molecule has 3 N–H and O–H groups in total. The van der Waals surface area contributed by atoms with Crippen molar-refractivity contribution in [3.05, 3.63) is 0 Å². The first-order valence-electron chi connectivity index (χ1n) is 6.15. The molecule has 0 aliphatic heterocycles. The quantitative estimate of drug-likeness (QED) is 0.598. The second kappa shape index (κ2) is 7.27. The van der Waals surface area contributed by atoms with Gasteiger partial charge >= 0.3 is 5.97 Å². The highest BCUT2D eigenvalue weighted by atomic mass is 16.4. The molecule has 0 saturated heterocycles. The Morgan fingerprint density at radius 3 is 2.12 bits per heavy atom. The number of amides is 1. The minimum absolute atomic E-state index is 0.0565. The van der Waals surface area contributed by atoms with E-state index in [1.165, 1.54) is 0 Å². The maximum absolute atomic E-state index is 11.4. The summed E-state index contributed by atoms with van der Waals surface area (Å²) >= 11 is 0. The van der Waals surface area contributed by atoms with Crippen LogP contribution in [0.2, 0.25) is 0 Å². The van der Waals surface area contributed by atoms with Crippen LogP contribution in [0.1, 0.15) is 47.0 Å². The van der Waals surface area contributed by atoms with Crippen molar-refractivity contribution in [2.45, 2.75) is 58.5 Å². The predicted octanol–water partition coefficient (Wildman–Crippen LogP) is 1.13. The summed E-state index contributed by atoms with van der Waals surface area (Å²) in [5.74, 6) is -0.911. The topological polar surface area (TPSA) is 78.4 Å². The third-order valence-electron chi connectivity index (χ3n) is 2.88. The van der Waals surface area contributed by atoms with Crippen LogP contribution in [-0.2, 0) is 9.59 Å². The summed E-state index contributed by atoms with van der Waals surface area (Å²) in [5.41, 5.74) is -0.905. The Balaban J connectivity index is 4.16. The molecule has 5 heteroatoms. The lowest BCUT2D eigenvalue weighted by Gasteiger charge is -2.28. The van der Waals surface area contributed by atoms with Crippen LogP contribution >= 0.6 is 0 Å². The van der Waals surface area contributed by atoms with Crippen molar-refractivity contribution >= 4 is 11.9 Å². The highest BCUT2D eigenvalue weighted by Crippen LogP contribution is 2.15. The molecule has 0 spiro atoms. The van der Waals surface area contributed by atoms with E-state index in [0.29, 0.717) is 25.8 Å². The average Bonchev–Trinajstić information content (AvgIpc) is 2.23. The zero-order valence-electron chi connectivity index (χ0n) is 11.2. The average molecular weight is 244 g/mol. The maximum atomic E-state index is 11.4. The van der Waals surface area contributed by atoms with E-state index in [4.69, 9.17) is 0 Å². The highest BCUT2D eigenvalue weighted by molar-refractivity contribution is 5.79. The van der Waals surface area contributed by atoms with Crippen LogP contribution in [0.25, 0.3) is 0 Å². The van der Waals surface area contributed by atoms with Gasteiger partial charge in [-0.25, -0.2) is 0 Å². The summed E-state index contributed by atoms with van der Waals surface area (Å²) < 4.78 is 0. The fourth-order valence-corrected chi connectivity index (χ4v) is 1.69. The Bertz CT molecular complexity index is 260. The monoisotopic (exact) mass is 244 g/mol. The molecule has 0 radical (unpaired) electrons. The van der Waals surface area contributed by atoms with E-state index in [0.717, 1.165) is 0 Å². The molecule has 0 rings (SSSR count). The lowest BCUT2D eigenvalue weighted by atomic mass is 9.93. The SMILES string of the molecule is CCC(CC)(NCCC(=O)NC(C)C)C(=O)O. The molecule has 0 aliphatic carbocycles. The predicted molar refractivity (Wildman–Crippen MR) is 66.8 cm³/mol. The van der Waals surface area contributed by atoms with Gasteiger partial charge in [0.2, 0.25) is 5.91 Å². The van der Waals surface area contributed by atoms with Gasteiger partial charge in [0.05, 0.1) is 0 Å². The molecule has 0 aromatic heterocycles. The summed E-state index contributed by atoms with van der Waals surface area (Å²) in [7, 11) is 0. The molecule has 0 aromatic rings. The molecule has 0 unspecified atom stereocenters. The second-order valence-electron chi connectivity index (χ2n) is 4.49. The molecule has 0 bridgehead atoms. The number of nitrogens with one attached hydrogen (secondary N) is 2. The zero-order valence-corrected chi connectivity index (χ0v) is 11.2. The smallest absolute Gasteiger partial charge is 0.323 e. The largest absolute Gasteiger partial charge is 0.480 e. The number of hydrogen-bond donors (Lipinski definition) is 3. The van der Waals surface area contributed by atoms with Gasteiger partial charge in [-0.15, -0.1) is 0 Å². The minimum Gasteiger partial charge on any atom is -0.480 e. The Kier molecular flexibility index (Phi) is 6.80. The minimum atomic E-state index is -0.905. The van der Waals surface area contributed by atoms with Crippen LogP contribution in [0.5, 0.6) is 0 Å². The van der Waals surface area contributed by atoms with Gasteiger partial charge < -0.3 is 15.7 Å². The molecular weight excluding hydrogens is 220 g/mol. The summed E-state index contributed by atoms with van der Waals surface area (Å²) in [6.45, 7) is 7.83. The van der Waals surface area contributed by atoms with E-state index in [-0.39, 0.29) is 11.9 Å². The molecule has 0 aromatic carbocycles. The molecule has 0 fully saturated rings. The van der Waals surface area contributed by atoms with E-state index in [1.807, 2.05) is 27.7 Å². The first kappa shape index (κ1) is 15.9.